The Morgan fingerprint density at radius 1 is 0.846 bits per heavy atom. The molecule has 0 rings (SSSR count). The van der Waals surface area contributed by atoms with Crippen LogP contribution >= 0.6 is 0 Å². The first-order valence-electron chi connectivity index (χ1n) is 5.73. The van der Waals surface area contributed by atoms with Gasteiger partial charge in [0.2, 0.25) is 0 Å². The second kappa shape index (κ2) is 10.0. The molecule has 0 saturated heterocycles. The molecule has 0 heterocycles. The first kappa shape index (κ1) is 12.9. The van der Waals surface area contributed by atoms with Crippen molar-refractivity contribution in [1.82, 2.24) is 5.06 Å². The predicted octanol–water partition coefficient (Wildman–Crippen LogP) is 3.23. The molecule has 0 aromatic rings. The standard InChI is InChI=1S/C11H25NO/c1-4-7-9-12(10-8-5-2)13-11-6-3/h4-11H2,1-3H3. The molecule has 0 aliphatic rings. The Kier molecular flexibility index (Phi) is 9.94. The minimum absolute atomic E-state index is 0.868. The SMILES string of the molecule is CCCCN(CCCC)OCCC. The zero-order valence-corrected chi connectivity index (χ0v) is 9.51. The summed E-state index contributed by atoms with van der Waals surface area (Å²) >= 11 is 0. The van der Waals surface area contributed by atoms with E-state index in [4.69, 9.17) is 4.84 Å². The third-order valence-electron chi connectivity index (χ3n) is 2.00. The first-order valence-corrected chi connectivity index (χ1v) is 5.73. The van der Waals surface area contributed by atoms with Crippen molar-refractivity contribution in [2.24, 2.45) is 0 Å². The van der Waals surface area contributed by atoms with Gasteiger partial charge >= 0.3 is 0 Å². The van der Waals surface area contributed by atoms with Crippen molar-refractivity contribution in [2.75, 3.05) is 19.7 Å². The second-order valence-electron chi connectivity index (χ2n) is 3.47. The van der Waals surface area contributed by atoms with Gasteiger partial charge in [-0.3, -0.25) is 4.84 Å². The highest BCUT2D eigenvalue weighted by Crippen LogP contribution is 2.00. The smallest absolute Gasteiger partial charge is 0.0682 e. The Morgan fingerprint density at radius 3 is 1.77 bits per heavy atom. The van der Waals surface area contributed by atoms with Gasteiger partial charge in [0.1, 0.15) is 0 Å². The number of rotatable bonds is 9. The topological polar surface area (TPSA) is 12.5 Å². The molecule has 0 atom stereocenters. The van der Waals surface area contributed by atoms with Crippen LogP contribution in [0.3, 0.4) is 0 Å². The van der Waals surface area contributed by atoms with Crippen molar-refractivity contribution in [2.45, 2.75) is 52.9 Å². The van der Waals surface area contributed by atoms with E-state index in [1.54, 1.807) is 0 Å². The fourth-order valence-electron chi connectivity index (χ4n) is 1.13. The molecule has 2 nitrogen and oxygen atoms in total. The second-order valence-corrected chi connectivity index (χ2v) is 3.47. The van der Waals surface area contributed by atoms with Gasteiger partial charge in [-0.25, -0.2) is 0 Å². The van der Waals surface area contributed by atoms with Crippen molar-refractivity contribution in [1.29, 1.82) is 0 Å². The molecule has 0 fully saturated rings. The van der Waals surface area contributed by atoms with Crippen LogP contribution in [0, 0.1) is 0 Å². The highest BCUT2D eigenvalue weighted by molar-refractivity contribution is 4.46. The van der Waals surface area contributed by atoms with E-state index in [1.165, 1.54) is 25.7 Å². The molecular formula is C11H25NO. The maximum Gasteiger partial charge on any atom is 0.0682 e. The fraction of sp³-hybridized carbons (Fsp3) is 1.00. The van der Waals surface area contributed by atoms with Gasteiger partial charge in [-0.05, 0) is 19.3 Å². The minimum atomic E-state index is 0.868. The van der Waals surface area contributed by atoms with Crippen LogP contribution in [0.25, 0.3) is 0 Å². The Bertz CT molecular complexity index is 77.1. The summed E-state index contributed by atoms with van der Waals surface area (Å²) in [6.45, 7) is 9.65. The molecule has 0 aromatic heterocycles. The molecule has 0 amide bonds. The monoisotopic (exact) mass is 187 g/mol. The van der Waals surface area contributed by atoms with Crippen LogP contribution in [0.4, 0.5) is 0 Å². The Morgan fingerprint density at radius 2 is 1.38 bits per heavy atom. The zero-order chi connectivity index (χ0) is 9.94. The van der Waals surface area contributed by atoms with Gasteiger partial charge in [-0.1, -0.05) is 33.6 Å². The van der Waals surface area contributed by atoms with E-state index in [2.05, 4.69) is 25.8 Å². The summed E-state index contributed by atoms with van der Waals surface area (Å²) in [5, 5.41) is 2.14. The van der Waals surface area contributed by atoms with E-state index < -0.39 is 0 Å². The molecule has 0 unspecified atom stereocenters. The van der Waals surface area contributed by atoms with E-state index in [1.807, 2.05) is 0 Å². The Labute approximate surface area is 83.2 Å². The molecule has 2 heteroatoms. The molecule has 0 N–H and O–H groups in total. The van der Waals surface area contributed by atoms with Gasteiger partial charge in [0.25, 0.3) is 0 Å². The van der Waals surface area contributed by atoms with E-state index in [-0.39, 0.29) is 0 Å². The summed E-state index contributed by atoms with van der Waals surface area (Å²) in [5.74, 6) is 0. The van der Waals surface area contributed by atoms with E-state index in [0.717, 1.165) is 26.1 Å². The lowest BCUT2D eigenvalue weighted by Crippen LogP contribution is -2.26. The highest BCUT2D eigenvalue weighted by Gasteiger charge is 2.02. The van der Waals surface area contributed by atoms with Crippen molar-refractivity contribution in [3.05, 3.63) is 0 Å². The largest absolute Gasteiger partial charge is 0.299 e. The maximum atomic E-state index is 5.63. The van der Waals surface area contributed by atoms with Crippen LogP contribution in [0.5, 0.6) is 0 Å². The molecule has 13 heavy (non-hydrogen) atoms. The summed E-state index contributed by atoms with van der Waals surface area (Å²) in [6, 6.07) is 0. The number of hydrogen-bond acceptors (Lipinski definition) is 2. The van der Waals surface area contributed by atoms with Crippen LogP contribution < -0.4 is 0 Å². The van der Waals surface area contributed by atoms with Gasteiger partial charge in [-0.2, -0.15) is 5.06 Å². The lowest BCUT2D eigenvalue weighted by atomic mass is 10.3. The molecule has 0 spiro atoms. The van der Waals surface area contributed by atoms with Gasteiger partial charge in [0, 0.05) is 13.1 Å². The predicted molar refractivity (Wildman–Crippen MR) is 57.6 cm³/mol. The minimum Gasteiger partial charge on any atom is -0.299 e. The van der Waals surface area contributed by atoms with Gasteiger partial charge in [0.15, 0.2) is 0 Å². The Balaban J connectivity index is 3.47. The molecule has 0 aliphatic heterocycles. The Hall–Kier alpha value is -0.0800. The third-order valence-corrected chi connectivity index (χ3v) is 2.00. The number of nitrogens with zero attached hydrogens (tertiary/aromatic N) is 1. The van der Waals surface area contributed by atoms with E-state index in [9.17, 15) is 0 Å². The molecule has 0 radical (unpaired) electrons. The summed E-state index contributed by atoms with van der Waals surface area (Å²) in [7, 11) is 0. The lowest BCUT2D eigenvalue weighted by molar-refractivity contribution is -0.160. The number of hydrogen-bond donors (Lipinski definition) is 0. The van der Waals surface area contributed by atoms with Crippen molar-refractivity contribution in [3.63, 3.8) is 0 Å². The summed E-state index contributed by atoms with van der Waals surface area (Å²) in [4.78, 5) is 5.63. The number of unbranched alkanes of at least 4 members (excludes halogenated alkanes) is 2. The fourth-order valence-corrected chi connectivity index (χ4v) is 1.13. The maximum absolute atomic E-state index is 5.63. The number of hydroxylamine groups is 2. The summed E-state index contributed by atoms with van der Waals surface area (Å²) in [6.07, 6.45) is 6.09. The first-order chi connectivity index (χ1) is 6.35. The van der Waals surface area contributed by atoms with E-state index >= 15 is 0 Å². The van der Waals surface area contributed by atoms with Crippen molar-refractivity contribution in [3.8, 4) is 0 Å². The van der Waals surface area contributed by atoms with Crippen LogP contribution in [0.1, 0.15) is 52.9 Å². The van der Waals surface area contributed by atoms with Crippen LogP contribution in [0.2, 0.25) is 0 Å². The van der Waals surface area contributed by atoms with Crippen molar-refractivity contribution >= 4 is 0 Å². The summed E-state index contributed by atoms with van der Waals surface area (Å²) < 4.78 is 0. The molecule has 0 aromatic carbocycles. The summed E-state index contributed by atoms with van der Waals surface area (Å²) in [5.41, 5.74) is 0. The molecular weight excluding hydrogens is 162 g/mol. The van der Waals surface area contributed by atoms with Crippen LogP contribution in [-0.2, 0) is 4.84 Å². The van der Waals surface area contributed by atoms with Crippen molar-refractivity contribution < 1.29 is 4.84 Å². The average molecular weight is 187 g/mol. The van der Waals surface area contributed by atoms with Gasteiger partial charge < -0.3 is 0 Å². The quantitative estimate of drug-likeness (QED) is 0.514. The van der Waals surface area contributed by atoms with Gasteiger partial charge in [-0.15, -0.1) is 0 Å². The van der Waals surface area contributed by atoms with Crippen LogP contribution in [0.15, 0.2) is 0 Å². The molecule has 0 aliphatic carbocycles. The third kappa shape index (κ3) is 8.26. The lowest BCUT2D eigenvalue weighted by Gasteiger charge is -2.20. The zero-order valence-electron chi connectivity index (χ0n) is 9.51. The molecule has 80 valence electrons. The highest BCUT2D eigenvalue weighted by atomic mass is 16.7. The van der Waals surface area contributed by atoms with E-state index in [0.29, 0.717) is 0 Å². The van der Waals surface area contributed by atoms with Crippen LogP contribution in [-0.4, -0.2) is 24.8 Å². The average Bonchev–Trinajstić information content (AvgIpc) is 2.17. The molecule has 0 saturated carbocycles. The normalized spacial score (nSPS) is 11.1. The molecule has 0 bridgehead atoms. The van der Waals surface area contributed by atoms with Gasteiger partial charge in [0.05, 0.1) is 6.61 Å².